The maximum absolute atomic E-state index is 15.0. The lowest BCUT2D eigenvalue weighted by Crippen LogP contribution is -2.39. The molecule has 190 valence electrons. The number of hydrogen-bond donors (Lipinski definition) is 3. The molecule has 1 amide bonds. The molecule has 1 aliphatic rings. The lowest BCUT2D eigenvalue weighted by Gasteiger charge is -2.26. The number of aliphatic hydroxyl groups is 1. The highest BCUT2D eigenvalue weighted by molar-refractivity contribution is 14.1. The molecule has 0 bridgehead atoms. The van der Waals surface area contributed by atoms with E-state index >= 15 is 4.39 Å². The molecule has 3 rings (SSSR count). The Morgan fingerprint density at radius 3 is 2.69 bits per heavy atom. The standard InChI is InChI=1S/C22H24F3IN4O5/c23-17-12-15(26)1-2-18(17)28-21-16(11-14(19(24)20(21)25)13-27-34-10-6-31)22(32)29-35-9-5-30-3-7-33-8-4-30/h1-2,11-13,28,31H,3-10H2,(H,29,32). The van der Waals surface area contributed by atoms with Crippen LogP contribution >= 0.6 is 22.6 Å². The van der Waals surface area contributed by atoms with Gasteiger partial charge in [0.25, 0.3) is 5.91 Å². The molecule has 3 N–H and O–H groups in total. The number of nitrogens with one attached hydrogen (secondary N) is 2. The summed E-state index contributed by atoms with van der Waals surface area (Å²) < 4.78 is 50.0. The summed E-state index contributed by atoms with van der Waals surface area (Å²) in [5.74, 6) is -4.36. The van der Waals surface area contributed by atoms with Gasteiger partial charge in [-0.25, -0.2) is 18.7 Å². The molecule has 0 saturated carbocycles. The Labute approximate surface area is 213 Å². The topological polar surface area (TPSA) is 105 Å². The van der Waals surface area contributed by atoms with Gasteiger partial charge in [-0.05, 0) is 46.9 Å². The molecule has 0 atom stereocenters. The van der Waals surface area contributed by atoms with Crippen LogP contribution in [0.4, 0.5) is 24.5 Å². The first-order valence-electron chi connectivity index (χ1n) is 10.6. The van der Waals surface area contributed by atoms with Crippen LogP contribution in [0.1, 0.15) is 15.9 Å². The highest BCUT2D eigenvalue weighted by atomic mass is 127. The fourth-order valence-corrected chi connectivity index (χ4v) is 3.58. The van der Waals surface area contributed by atoms with Gasteiger partial charge in [0.05, 0.1) is 49.6 Å². The number of hydroxylamine groups is 1. The minimum Gasteiger partial charge on any atom is -0.393 e. The number of nitrogens with zero attached hydrogens (tertiary/aromatic N) is 2. The number of rotatable bonds is 11. The van der Waals surface area contributed by atoms with Gasteiger partial charge in [0.1, 0.15) is 12.4 Å². The molecule has 1 saturated heterocycles. The molecule has 0 unspecified atom stereocenters. The van der Waals surface area contributed by atoms with E-state index in [4.69, 9.17) is 19.5 Å². The van der Waals surface area contributed by atoms with Crippen molar-refractivity contribution in [1.29, 1.82) is 0 Å². The van der Waals surface area contributed by atoms with E-state index in [1.54, 1.807) is 6.07 Å². The SMILES string of the molecule is O=C(NOCCN1CCOCC1)c1cc(C=NOCCO)c(F)c(F)c1Nc1ccc(I)cc1F. The molecule has 0 spiro atoms. The third-order valence-electron chi connectivity index (χ3n) is 4.90. The number of morpholine rings is 1. The van der Waals surface area contributed by atoms with Gasteiger partial charge in [-0.3, -0.25) is 14.5 Å². The molecule has 9 nitrogen and oxygen atoms in total. The number of carbonyl (C=O) groups excluding carboxylic acids is 1. The Morgan fingerprint density at radius 2 is 1.97 bits per heavy atom. The van der Waals surface area contributed by atoms with Gasteiger partial charge in [0.15, 0.2) is 11.6 Å². The molecule has 1 aliphatic heterocycles. The van der Waals surface area contributed by atoms with Crippen LogP contribution < -0.4 is 10.8 Å². The third kappa shape index (κ3) is 7.76. The summed E-state index contributed by atoms with van der Waals surface area (Å²) in [4.78, 5) is 24.8. The monoisotopic (exact) mass is 608 g/mol. The molecule has 0 aliphatic carbocycles. The number of benzene rings is 2. The predicted octanol–water partition coefficient (Wildman–Crippen LogP) is 2.79. The smallest absolute Gasteiger partial charge is 0.277 e. The number of halogens is 4. The zero-order valence-electron chi connectivity index (χ0n) is 18.5. The number of carbonyl (C=O) groups is 1. The Morgan fingerprint density at radius 1 is 1.20 bits per heavy atom. The first-order valence-corrected chi connectivity index (χ1v) is 11.7. The molecule has 2 aromatic rings. The summed E-state index contributed by atoms with van der Waals surface area (Å²) in [7, 11) is 0. The number of amides is 1. The second kappa shape index (κ2) is 13.6. The number of oxime groups is 1. The molecule has 2 aromatic carbocycles. The Kier molecular flexibility index (Phi) is 10.5. The zero-order valence-corrected chi connectivity index (χ0v) is 20.7. The molecule has 13 heteroatoms. The lowest BCUT2D eigenvalue weighted by atomic mass is 10.1. The summed E-state index contributed by atoms with van der Waals surface area (Å²) in [6.07, 6.45) is 0.860. The van der Waals surface area contributed by atoms with E-state index in [9.17, 15) is 13.6 Å². The maximum Gasteiger partial charge on any atom is 0.277 e. The van der Waals surface area contributed by atoms with Crippen molar-refractivity contribution >= 4 is 46.1 Å². The molecule has 0 aromatic heterocycles. The van der Waals surface area contributed by atoms with Crippen molar-refractivity contribution in [1.82, 2.24) is 10.4 Å². The van der Waals surface area contributed by atoms with E-state index in [0.29, 0.717) is 23.3 Å². The van der Waals surface area contributed by atoms with Crippen LogP contribution in [0.5, 0.6) is 0 Å². The molecule has 1 fully saturated rings. The zero-order chi connectivity index (χ0) is 25.2. The molecule has 35 heavy (non-hydrogen) atoms. The van der Waals surface area contributed by atoms with Crippen LogP contribution in [-0.2, 0) is 14.4 Å². The van der Waals surface area contributed by atoms with Gasteiger partial charge >= 0.3 is 0 Å². The first kappa shape index (κ1) is 27.1. The number of aliphatic hydroxyl groups excluding tert-OH is 1. The van der Waals surface area contributed by atoms with E-state index in [0.717, 1.165) is 25.4 Å². The van der Waals surface area contributed by atoms with Crippen LogP contribution in [0.15, 0.2) is 29.4 Å². The molecule has 0 radical (unpaired) electrons. The van der Waals surface area contributed by atoms with Crippen molar-refractivity contribution < 1.29 is 37.5 Å². The fraction of sp³-hybridized carbons (Fsp3) is 0.364. The number of ether oxygens (including phenoxy) is 1. The lowest BCUT2D eigenvalue weighted by molar-refractivity contribution is -0.00175. The van der Waals surface area contributed by atoms with Gasteiger partial charge in [-0.2, -0.15) is 0 Å². The van der Waals surface area contributed by atoms with E-state index in [1.165, 1.54) is 12.1 Å². The average molecular weight is 608 g/mol. The van der Waals surface area contributed by atoms with Gasteiger partial charge in [0, 0.05) is 28.8 Å². The van der Waals surface area contributed by atoms with Gasteiger partial charge in [0.2, 0.25) is 0 Å². The summed E-state index contributed by atoms with van der Waals surface area (Å²) in [5.41, 5.74) is 0.731. The average Bonchev–Trinajstić information content (AvgIpc) is 2.85. The summed E-state index contributed by atoms with van der Waals surface area (Å²) in [6, 6.07) is 5.13. The van der Waals surface area contributed by atoms with Gasteiger partial charge in [-0.15, -0.1) is 0 Å². The van der Waals surface area contributed by atoms with E-state index in [1.807, 2.05) is 22.6 Å². The second-order valence-electron chi connectivity index (χ2n) is 7.29. The van der Waals surface area contributed by atoms with Crippen molar-refractivity contribution in [2.24, 2.45) is 5.16 Å². The fourth-order valence-electron chi connectivity index (χ4n) is 3.13. The van der Waals surface area contributed by atoms with Crippen molar-refractivity contribution in [2.75, 3.05) is 58.0 Å². The highest BCUT2D eigenvalue weighted by Crippen LogP contribution is 2.30. The number of hydrogen-bond acceptors (Lipinski definition) is 8. The maximum atomic E-state index is 15.0. The Bertz CT molecular complexity index is 1050. The van der Waals surface area contributed by atoms with Gasteiger partial charge in [-0.1, -0.05) is 5.16 Å². The van der Waals surface area contributed by atoms with Crippen LogP contribution in [0.2, 0.25) is 0 Å². The summed E-state index contributed by atoms with van der Waals surface area (Å²) in [6.45, 7) is 2.88. The normalized spacial score (nSPS) is 14.3. The van der Waals surface area contributed by atoms with E-state index in [-0.39, 0.29) is 31.1 Å². The number of anilines is 2. The Hall–Kier alpha value is -2.46. The largest absolute Gasteiger partial charge is 0.393 e. The van der Waals surface area contributed by atoms with Crippen molar-refractivity contribution in [2.45, 2.75) is 0 Å². The first-order chi connectivity index (χ1) is 16.9. The minimum absolute atomic E-state index is 0.146. The highest BCUT2D eigenvalue weighted by Gasteiger charge is 2.23. The Balaban J connectivity index is 1.82. The summed E-state index contributed by atoms with van der Waals surface area (Å²) in [5, 5.41) is 14.6. The molecular formula is C22H24F3IN4O5. The third-order valence-corrected chi connectivity index (χ3v) is 5.57. The van der Waals surface area contributed by atoms with Crippen molar-refractivity contribution in [3.05, 3.63) is 56.4 Å². The minimum atomic E-state index is -1.42. The van der Waals surface area contributed by atoms with Gasteiger partial charge < -0.3 is 20.0 Å². The molecular weight excluding hydrogens is 584 g/mol. The van der Waals surface area contributed by atoms with Crippen LogP contribution in [0, 0.1) is 21.0 Å². The summed E-state index contributed by atoms with van der Waals surface area (Å²) >= 11 is 1.91. The van der Waals surface area contributed by atoms with E-state index < -0.39 is 34.6 Å². The van der Waals surface area contributed by atoms with Crippen LogP contribution in [0.25, 0.3) is 0 Å². The second-order valence-corrected chi connectivity index (χ2v) is 8.54. The van der Waals surface area contributed by atoms with Crippen molar-refractivity contribution in [3.8, 4) is 0 Å². The molecule has 1 heterocycles. The quantitative estimate of drug-likeness (QED) is 0.156. The van der Waals surface area contributed by atoms with Crippen molar-refractivity contribution in [3.63, 3.8) is 0 Å². The van der Waals surface area contributed by atoms with Crippen LogP contribution in [0.3, 0.4) is 0 Å². The van der Waals surface area contributed by atoms with E-state index in [2.05, 4.69) is 20.9 Å². The van der Waals surface area contributed by atoms with Crippen LogP contribution in [-0.4, -0.2) is 74.8 Å². The predicted molar refractivity (Wildman–Crippen MR) is 130 cm³/mol.